The lowest BCUT2D eigenvalue weighted by atomic mass is 10.1. The van der Waals surface area contributed by atoms with Crippen LogP contribution in [0.15, 0.2) is 106 Å². The molecule has 0 radical (unpaired) electrons. The lowest BCUT2D eigenvalue weighted by molar-refractivity contribution is 0.0952. The number of methoxy groups -OCH3 is 1. The van der Waals surface area contributed by atoms with Crippen LogP contribution in [0.25, 0.3) is 10.8 Å². The van der Waals surface area contributed by atoms with Crippen LogP contribution in [0.4, 0.5) is 0 Å². The third kappa shape index (κ3) is 4.53. The van der Waals surface area contributed by atoms with Gasteiger partial charge in [0.2, 0.25) is 0 Å². The van der Waals surface area contributed by atoms with Gasteiger partial charge in [-0.25, -0.2) is 5.43 Å². The van der Waals surface area contributed by atoms with Gasteiger partial charge < -0.3 is 4.74 Å². The van der Waals surface area contributed by atoms with Crippen molar-refractivity contribution >= 4 is 34.7 Å². The number of ether oxygens (including phenoxy) is 1. The number of hydrazone groups is 1. The molecule has 0 atom stereocenters. The van der Waals surface area contributed by atoms with Gasteiger partial charge in [0.1, 0.15) is 5.75 Å². The second kappa shape index (κ2) is 9.29. The molecule has 30 heavy (non-hydrogen) atoms. The summed E-state index contributed by atoms with van der Waals surface area (Å²) in [7, 11) is 1.56. The molecule has 4 nitrogen and oxygen atoms in total. The Kier molecular flexibility index (Phi) is 6.11. The van der Waals surface area contributed by atoms with Crippen molar-refractivity contribution in [2.75, 3.05) is 7.11 Å². The van der Waals surface area contributed by atoms with E-state index in [0.717, 1.165) is 26.1 Å². The van der Waals surface area contributed by atoms with Crippen LogP contribution in [-0.4, -0.2) is 19.2 Å². The van der Waals surface area contributed by atoms with Gasteiger partial charge in [0.15, 0.2) is 0 Å². The Morgan fingerprint density at radius 3 is 2.33 bits per heavy atom. The number of carbonyl (C=O) groups excluding carboxylic acids is 1. The molecule has 5 heteroatoms. The highest BCUT2D eigenvalue weighted by Crippen LogP contribution is 2.29. The van der Waals surface area contributed by atoms with Gasteiger partial charge in [0, 0.05) is 15.4 Å². The Bertz CT molecular complexity index is 1210. The van der Waals surface area contributed by atoms with Crippen LogP contribution < -0.4 is 10.2 Å². The Labute approximate surface area is 179 Å². The lowest BCUT2D eigenvalue weighted by Gasteiger charge is -2.09. The van der Waals surface area contributed by atoms with E-state index in [1.54, 1.807) is 25.1 Å². The first-order valence-electron chi connectivity index (χ1n) is 9.47. The number of rotatable bonds is 6. The van der Waals surface area contributed by atoms with Crippen LogP contribution in [-0.2, 0) is 0 Å². The summed E-state index contributed by atoms with van der Waals surface area (Å²) >= 11 is 1.65. The lowest BCUT2D eigenvalue weighted by Crippen LogP contribution is -2.18. The quantitative estimate of drug-likeness (QED) is 0.323. The molecule has 0 aliphatic heterocycles. The Morgan fingerprint density at radius 1 is 0.900 bits per heavy atom. The van der Waals surface area contributed by atoms with Crippen molar-refractivity contribution in [2.45, 2.75) is 9.79 Å². The molecule has 148 valence electrons. The van der Waals surface area contributed by atoms with Crippen molar-refractivity contribution in [2.24, 2.45) is 5.10 Å². The Hall–Kier alpha value is -3.57. The normalized spacial score (nSPS) is 11.0. The maximum absolute atomic E-state index is 12.7. The summed E-state index contributed by atoms with van der Waals surface area (Å²) < 4.78 is 5.41. The van der Waals surface area contributed by atoms with E-state index in [4.69, 9.17) is 4.74 Å². The molecule has 0 saturated carbocycles. The second-order valence-electron chi connectivity index (χ2n) is 6.55. The fourth-order valence-corrected chi connectivity index (χ4v) is 4.01. The maximum atomic E-state index is 12.7. The summed E-state index contributed by atoms with van der Waals surface area (Å²) in [6.45, 7) is 0. The van der Waals surface area contributed by atoms with E-state index in [0.29, 0.717) is 11.3 Å². The van der Waals surface area contributed by atoms with Gasteiger partial charge in [-0.2, -0.15) is 5.10 Å². The van der Waals surface area contributed by atoms with Crippen molar-refractivity contribution in [1.29, 1.82) is 0 Å². The molecule has 1 amide bonds. The molecule has 0 spiro atoms. The van der Waals surface area contributed by atoms with Gasteiger partial charge in [-0.3, -0.25) is 4.79 Å². The monoisotopic (exact) mass is 412 g/mol. The van der Waals surface area contributed by atoms with Crippen LogP contribution >= 0.6 is 11.8 Å². The first-order chi connectivity index (χ1) is 14.7. The molecule has 0 aromatic heterocycles. The minimum atomic E-state index is -0.318. The van der Waals surface area contributed by atoms with Gasteiger partial charge >= 0.3 is 0 Å². The van der Waals surface area contributed by atoms with Crippen molar-refractivity contribution in [3.63, 3.8) is 0 Å². The molecule has 4 aromatic carbocycles. The Balaban J connectivity index is 1.53. The SMILES string of the molecule is COc1cc2ccccc2cc1C(=O)N/N=C/c1ccccc1Sc1ccccc1. The summed E-state index contributed by atoms with van der Waals surface area (Å²) in [6, 6.07) is 29.6. The zero-order chi connectivity index (χ0) is 20.8. The first kappa shape index (κ1) is 19.7. The van der Waals surface area contributed by atoms with E-state index in [1.165, 1.54) is 0 Å². The molecule has 0 aliphatic carbocycles. The zero-order valence-electron chi connectivity index (χ0n) is 16.4. The molecule has 0 aliphatic rings. The molecule has 4 aromatic rings. The maximum Gasteiger partial charge on any atom is 0.275 e. The summed E-state index contributed by atoms with van der Waals surface area (Å²) in [5.41, 5.74) is 3.99. The van der Waals surface area contributed by atoms with Crippen LogP contribution in [0.3, 0.4) is 0 Å². The minimum Gasteiger partial charge on any atom is -0.496 e. The highest BCUT2D eigenvalue weighted by molar-refractivity contribution is 7.99. The fourth-order valence-electron chi connectivity index (χ4n) is 3.08. The van der Waals surface area contributed by atoms with E-state index in [-0.39, 0.29) is 5.91 Å². The highest BCUT2D eigenvalue weighted by Gasteiger charge is 2.13. The van der Waals surface area contributed by atoms with Crippen molar-refractivity contribution in [1.82, 2.24) is 5.43 Å². The summed E-state index contributed by atoms with van der Waals surface area (Å²) in [5.74, 6) is 0.198. The van der Waals surface area contributed by atoms with Crippen molar-refractivity contribution < 1.29 is 9.53 Å². The summed E-state index contributed by atoms with van der Waals surface area (Å²) in [4.78, 5) is 14.9. The predicted octanol–water partition coefficient (Wildman–Crippen LogP) is 5.76. The van der Waals surface area contributed by atoms with Crippen LogP contribution in [0.2, 0.25) is 0 Å². The van der Waals surface area contributed by atoms with E-state index >= 15 is 0 Å². The van der Waals surface area contributed by atoms with Gasteiger partial charge in [-0.15, -0.1) is 0 Å². The van der Waals surface area contributed by atoms with E-state index in [1.807, 2.05) is 78.9 Å². The van der Waals surface area contributed by atoms with E-state index in [9.17, 15) is 4.79 Å². The molecule has 0 saturated heterocycles. The molecular formula is C25H20N2O2S. The molecule has 4 rings (SSSR count). The van der Waals surface area contributed by atoms with E-state index in [2.05, 4.69) is 22.7 Å². The average Bonchev–Trinajstić information content (AvgIpc) is 2.80. The topological polar surface area (TPSA) is 50.7 Å². The molecule has 0 bridgehead atoms. The zero-order valence-corrected chi connectivity index (χ0v) is 17.2. The van der Waals surface area contributed by atoms with Crippen molar-refractivity contribution in [3.05, 3.63) is 102 Å². The number of fused-ring (bicyclic) bond motifs is 1. The largest absolute Gasteiger partial charge is 0.496 e. The second-order valence-corrected chi connectivity index (χ2v) is 7.67. The standard InChI is InChI=1S/C25H20N2O2S/c1-29-23-16-19-10-6-5-9-18(19)15-22(23)25(28)27-26-17-20-11-7-8-14-24(20)30-21-12-3-2-4-13-21/h2-17H,1H3,(H,27,28)/b26-17+. The van der Waals surface area contributed by atoms with Gasteiger partial charge in [0.25, 0.3) is 5.91 Å². The number of amides is 1. The minimum absolute atomic E-state index is 0.318. The third-order valence-electron chi connectivity index (χ3n) is 4.57. The highest BCUT2D eigenvalue weighted by atomic mass is 32.2. The predicted molar refractivity (Wildman–Crippen MR) is 123 cm³/mol. The molecule has 0 unspecified atom stereocenters. The third-order valence-corrected chi connectivity index (χ3v) is 5.67. The first-order valence-corrected chi connectivity index (χ1v) is 10.3. The van der Waals surface area contributed by atoms with E-state index < -0.39 is 0 Å². The summed E-state index contributed by atoms with van der Waals surface area (Å²) in [5, 5.41) is 6.17. The number of hydrogen-bond donors (Lipinski definition) is 1. The van der Waals surface area contributed by atoms with Crippen LogP contribution in [0.1, 0.15) is 15.9 Å². The number of carbonyl (C=O) groups is 1. The Morgan fingerprint density at radius 2 is 1.57 bits per heavy atom. The van der Waals surface area contributed by atoms with Gasteiger partial charge in [0.05, 0.1) is 18.9 Å². The number of nitrogens with zero attached hydrogens (tertiary/aromatic N) is 1. The molecule has 0 heterocycles. The fraction of sp³-hybridized carbons (Fsp3) is 0.0400. The smallest absolute Gasteiger partial charge is 0.275 e. The van der Waals surface area contributed by atoms with Crippen LogP contribution in [0.5, 0.6) is 5.75 Å². The molecule has 1 N–H and O–H groups in total. The average molecular weight is 413 g/mol. The van der Waals surface area contributed by atoms with Gasteiger partial charge in [-0.05, 0) is 41.1 Å². The van der Waals surface area contributed by atoms with Gasteiger partial charge in [-0.1, -0.05) is 72.4 Å². The number of nitrogens with one attached hydrogen (secondary N) is 1. The van der Waals surface area contributed by atoms with Crippen LogP contribution in [0, 0.1) is 0 Å². The number of benzene rings is 4. The number of hydrogen-bond acceptors (Lipinski definition) is 4. The van der Waals surface area contributed by atoms with Crippen molar-refractivity contribution in [3.8, 4) is 5.75 Å². The summed E-state index contributed by atoms with van der Waals surface area (Å²) in [6.07, 6.45) is 1.66. The molecule has 0 fully saturated rings. The molecular weight excluding hydrogens is 392 g/mol.